The lowest BCUT2D eigenvalue weighted by molar-refractivity contribution is -0.117. The van der Waals surface area contributed by atoms with Crippen LogP contribution in [0.4, 0.5) is 5.69 Å². The molecule has 1 saturated heterocycles. The number of hydrogen-bond acceptors (Lipinski definition) is 3. The van der Waals surface area contributed by atoms with Gasteiger partial charge in [0.05, 0.1) is 16.6 Å². The molecule has 1 aromatic rings. The van der Waals surface area contributed by atoms with Crippen LogP contribution in [0, 0.1) is 0 Å². The number of primary amides is 1. The first-order valence-corrected chi connectivity index (χ1v) is 6.09. The number of nitrogens with one attached hydrogen (secondary N) is 2. The third-order valence-electron chi connectivity index (χ3n) is 2.88. The predicted molar refractivity (Wildman–Crippen MR) is 69.6 cm³/mol. The zero-order chi connectivity index (χ0) is 13.1. The van der Waals surface area contributed by atoms with E-state index >= 15 is 0 Å². The standard InChI is InChI=1S/C12H14ClN3O2/c13-9-6-7(3-4-8(9)11(14)17)16-12(18)10-2-1-5-15-10/h3-4,6,10,15H,1-2,5H2,(H2,14,17)(H,16,18). The summed E-state index contributed by atoms with van der Waals surface area (Å²) in [4.78, 5) is 22.8. The van der Waals surface area contributed by atoms with E-state index in [4.69, 9.17) is 17.3 Å². The van der Waals surface area contributed by atoms with Crippen molar-refractivity contribution in [3.63, 3.8) is 0 Å². The Labute approximate surface area is 110 Å². The summed E-state index contributed by atoms with van der Waals surface area (Å²) in [5, 5.41) is 6.09. The highest BCUT2D eigenvalue weighted by atomic mass is 35.5. The number of halogens is 1. The maximum absolute atomic E-state index is 11.8. The van der Waals surface area contributed by atoms with Gasteiger partial charge in [-0.05, 0) is 37.6 Å². The molecule has 1 unspecified atom stereocenters. The largest absolute Gasteiger partial charge is 0.366 e. The second-order valence-electron chi connectivity index (χ2n) is 4.20. The van der Waals surface area contributed by atoms with Crippen molar-refractivity contribution in [2.24, 2.45) is 5.73 Å². The number of benzene rings is 1. The molecule has 1 fully saturated rings. The fourth-order valence-corrected chi connectivity index (χ4v) is 2.20. The lowest BCUT2D eigenvalue weighted by Gasteiger charge is -2.11. The second kappa shape index (κ2) is 5.37. The van der Waals surface area contributed by atoms with Crippen molar-refractivity contribution < 1.29 is 9.59 Å². The molecular weight excluding hydrogens is 254 g/mol. The van der Waals surface area contributed by atoms with Crippen LogP contribution in [-0.2, 0) is 4.79 Å². The van der Waals surface area contributed by atoms with Crippen LogP contribution < -0.4 is 16.4 Å². The van der Waals surface area contributed by atoms with E-state index in [0.29, 0.717) is 5.69 Å². The number of nitrogens with two attached hydrogens (primary N) is 1. The number of rotatable bonds is 3. The van der Waals surface area contributed by atoms with E-state index in [1.807, 2.05) is 0 Å². The summed E-state index contributed by atoms with van der Waals surface area (Å²) in [5.74, 6) is -0.675. The molecule has 4 N–H and O–H groups in total. The minimum absolute atomic E-state index is 0.0876. The summed E-state index contributed by atoms with van der Waals surface area (Å²) >= 11 is 5.90. The molecule has 6 heteroatoms. The van der Waals surface area contributed by atoms with E-state index in [-0.39, 0.29) is 22.5 Å². The Balaban J connectivity index is 2.07. The molecule has 18 heavy (non-hydrogen) atoms. The quantitative estimate of drug-likeness (QED) is 0.768. The molecule has 1 aliphatic heterocycles. The second-order valence-corrected chi connectivity index (χ2v) is 4.60. The predicted octanol–water partition coefficient (Wildman–Crippen LogP) is 1.13. The number of carbonyl (C=O) groups excluding carboxylic acids is 2. The van der Waals surface area contributed by atoms with E-state index in [1.54, 1.807) is 6.07 Å². The lowest BCUT2D eigenvalue weighted by atomic mass is 10.1. The van der Waals surface area contributed by atoms with Crippen LogP contribution in [0.2, 0.25) is 5.02 Å². The first-order valence-electron chi connectivity index (χ1n) is 5.71. The van der Waals surface area contributed by atoms with Crippen molar-refractivity contribution in [2.75, 3.05) is 11.9 Å². The van der Waals surface area contributed by atoms with Gasteiger partial charge in [0, 0.05) is 5.69 Å². The van der Waals surface area contributed by atoms with Gasteiger partial charge in [-0.25, -0.2) is 0 Å². The summed E-state index contributed by atoms with van der Waals surface area (Å²) in [6.07, 6.45) is 1.83. The van der Waals surface area contributed by atoms with Gasteiger partial charge in [-0.1, -0.05) is 11.6 Å². The first kappa shape index (κ1) is 12.9. The van der Waals surface area contributed by atoms with Gasteiger partial charge in [-0.15, -0.1) is 0 Å². The average molecular weight is 268 g/mol. The summed E-state index contributed by atoms with van der Waals surface area (Å²) < 4.78 is 0. The topological polar surface area (TPSA) is 84.2 Å². The number of carbonyl (C=O) groups is 2. The van der Waals surface area contributed by atoms with Gasteiger partial charge in [0.1, 0.15) is 0 Å². The third kappa shape index (κ3) is 2.80. The van der Waals surface area contributed by atoms with Crippen LogP contribution in [-0.4, -0.2) is 24.4 Å². The van der Waals surface area contributed by atoms with Crippen molar-refractivity contribution in [3.05, 3.63) is 28.8 Å². The van der Waals surface area contributed by atoms with E-state index in [0.717, 1.165) is 19.4 Å². The fourth-order valence-electron chi connectivity index (χ4n) is 1.93. The SMILES string of the molecule is NC(=O)c1ccc(NC(=O)C2CCCN2)cc1Cl. The molecule has 0 aromatic heterocycles. The minimum atomic E-state index is -0.588. The molecule has 1 atom stereocenters. The Hall–Kier alpha value is -1.59. The molecule has 1 aliphatic rings. The molecule has 1 heterocycles. The highest BCUT2D eigenvalue weighted by Gasteiger charge is 2.22. The summed E-state index contributed by atoms with van der Waals surface area (Å²) in [6, 6.07) is 4.48. The van der Waals surface area contributed by atoms with Crippen LogP contribution >= 0.6 is 11.6 Å². The Kier molecular flexibility index (Phi) is 3.84. The maximum Gasteiger partial charge on any atom is 0.250 e. The summed E-state index contributed by atoms with van der Waals surface area (Å²) in [6.45, 7) is 0.861. The van der Waals surface area contributed by atoms with Gasteiger partial charge in [0.2, 0.25) is 11.8 Å². The van der Waals surface area contributed by atoms with Crippen molar-refractivity contribution in [1.82, 2.24) is 5.32 Å². The highest BCUT2D eigenvalue weighted by molar-refractivity contribution is 6.34. The van der Waals surface area contributed by atoms with Gasteiger partial charge in [-0.2, -0.15) is 0 Å². The van der Waals surface area contributed by atoms with Gasteiger partial charge in [0.25, 0.3) is 0 Å². The highest BCUT2D eigenvalue weighted by Crippen LogP contribution is 2.21. The summed E-state index contributed by atoms with van der Waals surface area (Å²) in [5.41, 5.74) is 5.95. The van der Waals surface area contributed by atoms with E-state index in [2.05, 4.69) is 10.6 Å². The Morgan fingerprint density at radius 1 is 1.44 bits per heavy atom. The molecule has 1 aromatic carbocycles. The van der Waals surface area contributed by atoms with Gasteiger partial charge in [0.15, 0.2) is 0 Å². The van der Waals surface area contributed by atoms with E-state index < -0.39 is 5.91 Å². The van der Waals surface area contributed by atoms with E-state index in [1.165, 1.54) is 12.1 Å². The fraction of sp³-hybridized carbons (Fsp3) is 0.333. The molecular formula is C12H14ClN3O2. The normalized spacial score (nSPS) is 18.6. The maximum atomic E-state index is 11.8. The third-order valence-corrected chi connectivity index (χ3v) is 3.19. The molecule has 2 amide bonds. The molecule has 0 bridgehead atoms. The van der Waals surface area contributed by atoms with Crippen molar-refractivity contribution in [1.29, 1.82) is 0 Å². The smallest absolute Gasteiger partial charge is 0.250 e. The Morgan fingerprint density at radius 2 is 2.22 bits per heavy atom. The van der Waals surface area contributed by atoms with Gasteiger partial charge < -0.3 is 16.4 Å². The van der Waals surface area contributed by atoms with Crippen LogP contribution in [0.3, 0.4) is 0 Å². The molecule has 2 rings (SSSR count). The molecule has 0 aliphatic carbocycles. The molecule has 96 valence electrons. The van der Waals surface area contributed by atoms with Gasteiger partial charge in [-0.3, -0.25) is 9.59 Å². The minimum Gasteiger partial charge on any atom is -0.366 e. The number of hydrogen-bond donors (Lipinski definition) is 3. The van der Waals surface area contributed by atoms with Crippen LogP contribution in [0.15, 0.2) is 18.2 Å². The van der Waals surface area contributed by atoms with Crippen molar-refractivity contribution in [2.45, 2.75) is 18.9 Å². The zero-order valence-electron chi connectivity index (χ0n) is 9.70. The molecule has 0 radical (unpaired) electrons. The van der Waals surface area contributed by atoms with Crippen LogP contribution in [0.5, 0.6) is 0 Å². The molecule has 0 spiro atoms. The van der Waals surface area contributed by atoms with Gasteiger partial charge >= 0.3 is 0 Å². The molecule has 5 nitrogen and oxygen atoms in total. The molecule has 0 saturated carbocycles. The van der Waals surface area contributed by atoms with Crippen molar-refractivity contribution >= 4 is 29.1 Å². The Bertz CT molecular complexity index is 484. The zero-order valence-corrected chi connectivity index (χ0v) is 10.5. The Morgan fingerprint density at radius 3 is 2.78 bits per heavy atom. The monoisotopic (exact) mass is 267 g/mol. The lowest BCUT2D eigenvalue weighted by Crippen LogP contribution is -2.35. The van der Waals surface area contributed by atoms with Crippen molar-refractivity contribution in [3.8, 4) is 0 Å². The van der Waals surface area contributed by atoms with E-state index in [9.17, 15) is 9.59 Å². The van der Waals surface area contributed by atoms with Crippen LogP contribution in [0.1, 0.15) is 23.2 Å². The van der Waals surface area contributed by atoms with Crippen LogP contribution in [0.25, 0.3) is 0 Å². The average Bonchev–Trinajstić information content (AvgIpc) is 2.81. The number of amides is 2. The first-order chi connectivity index (χ1) is 8.58. The summed E-state index contributed by atoms with van der Waals surface area (Å²) in [7, 11) is 0. The number of anilines is 1.